The predicted octanol–water partition coefficient (Wildman–Crippen LogP) is 0.460. The lowest BCUT2D eigenvalue weighted by Crippen LogP contribution is -2.43. The quantitative estimate of drug-likeness (QED) is 0.664. The van der Waals surface area contributed by atoms with Gasteiger partial charge in [-0.3, -0.25) is 4.79 Å². The van der Waals surface area contributed by atoms with Crippen LogP contribution in [0.1, 0.15) is 19.4 Å². The Morgan fingerprint density at radius 2 is 1.90 bits per heavy atom. The number of hydrogen-bond donors (Lipinski definition) is 3. The Morgan fingerprint density at radius 3 is 2.45 bits per heavy atom. The monoisotopic (exact) mass is 299 g/mol. The van der Waals surface area contributed by atoms with Gasteiger partial charge in [0.25, 0.3) is 0 Å². The van der Waals surface area contributed by atoms with E-state index in [1.807, 2.05) is 0 Å². The minimum absolute atomic E-state index is 0.0295. The molecule has 0 spiro atoms. The highest BCUT2D eigenvalue weighted by Gasteiger charge is 2.28. The maximum absolute atomic E-state index is 12.0. The molecule has 0 radical (unpaired) electrons. The van der Waals surface area contributed by atoms with Crippen LogP contribution in [-0.2, 0) is 20.6 Å². The van der Waals surface area contributed by atoms with Gasteiger partial charge in [0.1, 0.15) is 0 Å². The summed E-state index contributed by atoms with van der Waals surface area (Å²) in [5, 5.41) is 2.51. The number of nitrogen functional groups attached to an aromatic ring is 1. The van der Waals surface area contributed by atoms with Gasteiger partial charge in [-0.05, 0) is 25.5 Å². The van der Waals surface area contributed by atoms with Crippen LogP contribution in [0, 0.1) is 5.41 Å². The number of rotatable bonds is 6. The normalized spacial score (nSPS) is 12.2. The summed E-state index contributed by atoms with van der Waals surface area (Å²) in [7, 11) is -2.02. The van der Waals surface area contributed by atoms with E-state index in [2.05, 4.69) is 10.0 Å². The molecule has 1 rings (SSSR count). The van der Waals surface area contributed by atoms with Gasteiger partial charge in [0.2, 0.25) is 15.9 Å². The van der Waals surface area contributed by atoms with E-state index in [1.54, 1.807) is 38.1 Å². The molecule has 0 saturated carbocycles. The van der Waals surface area contributed by atoms with Crippen molar-refractivity contribution in [2.75, 3.05) is 19.3 Å². The van der Waals surface area contributed by atoms with E-state index in [0.29, 0.717) is 11.3 Å². The molecule has 0 fully saturated rings. The first-order valence-corrected chi connectivity index (χ1v) is 7.86. The van der Waals surface area contributed by atoms with E-state index < -0.39 is 15.4 Å². The maximum atomic E-state index is 12.0. The van der Waals surface area contributed by atoms with Crippen molar-refractivity contribution in [1.82, 2.24) is 10.0 Å². The standard InChI is InChI=1S/C13H21N3O3S/c1-13(2,12(17)15-3)9-16-20(18,19)8-10-6-4-5-7-11(10)14/h4-7,16H,8-9,14H2,1-3H3,(H,15,17). The van der Waals surface area contributed by atoms with Crippen LogP contribution in [0.15, 0.2) is 24.3 Å². The highest BCUT2D eigenvalue weighted by Crippen LogP contribution is 2.16. The van der Waals surface area contributed by atoms with Crippen LogP contribution >= 0.6 is 0 Å². The largest absolute Gasteiger partial charge is 0.398 e. The van der Waals surface area contributed by atoms with Crippen molar-refractivity contribution in [3.05, 3.63) is 29.8 Å². The molecule has 0 aliphatic rings. The second-order valence-electron chi connectivity index (χ2n) is 5.24. The third-order valence-electron chi connectivity index (χ3n) is 2.98. The number of sulfonamides is 1. The molecule has 0 atom stereocenters. The Labute approximate surface area is 119 Å². The molecule has 1 aromatic rings. The minimum Gasteiger partial charge on any atom is -0.398 e. The van der Waals surface area contributed by atoms with Gasteiger partial charge >= 0.3 is 0 Å². The second-order valence-corrected chi connectivity index (χ2v) is 7.05. The lowest BCUT2D eigenvalue weighted by atomic mass is 9.93. The maximum Gasteiger partial charge on any atom is 0.226 e. The first-order valence-electron chi connectivity index (χ1n) is 6.21. The van der Waals surface area contributed by atoms with Crippen LogP contribution in [0.5, 0.6) is 0 Å². The summed E-state index contributed by atoms with van der Waals surface area (Å²) in [6, 6.07) is 6.79. The van der Waals surface area contributed by atoms with E-state index in [9.17, 15) is 13.2 Å². The molecule has 0 aromatic heterocycles. The van der Waals surface area contributed by atoms with E-state index in [4.69, 9.17) is 5.73 Å². The van der Waals surface area contributed by atoms with Crippen LogP contribution < -0.4 is 15.8 Å². The number of anilines is 1. The van der Waals surface area contributed by atoms with Gasteiger partial charge in [0, 0.05) is 19.3 Å². The van der Waals surface area contributed by atoms with Crippen LogP contribution in [0.2, 0.25) is 0 Å². The summed E-state index contributed by atoms with van der Waals surface area (Å²) in [5.74, 6) is -0.428. The predicted molar refractivity (Wildman–Crippen MR) is 79.3 cm³/mol. The fourth-order valence-corrected chi connectivity index (χ4v) is 2.99. The van der Waals surface area contributed by atoms with Gasteiger partial charge in [-0.1, -0.05) is 18.2 Å². The van der Waals surface area contributed by atoms with Gasteiger partial charge < -0.3 is 11.1 Å². The van der Waals surface area contributed by atoms with Crippen LogP contribution in [0.3, 0.4) is 0 Å². The van der Waals surface area contributed by atoms with Gasteiger partial charge in [-0.15, -0.1) is 0 Å². The molecule has 20 heavy (non-hydrogen) atoms. The molecule has 6 nitrogen and oxygen atoms in total. The molecular formula is C13H21N3O3S. The summed E-state index contributed by atoms with van der Waals surface area (Å²) >= 11 is 0. The number of nitrogens with one attached hydrogen (secondary N) is 2. The van der Waals surface area contributed by atoms with Crippen molar-refractivity contribution < 1.29 is 13.2 Å². The van der Waals surface area contributed by atoms with Gasteiger partial charge in [0.05, 0.1) is 11.2 Å². The molecule has 4 N–H and O–H groups in total. The molecule has 0 heterocycles. The fourth-order valence-electron chi connectivity index (χ4n) is 1.63. The topological polar surface area (TPSA) is 101 Å². The SMILES string of the molecule is CNC(=O)C(C)(C)CNS(=O)(=O)Cc1ccccc1N. The first-order chi connectivity index (χ1) is 9.18. The molecule has 0 saturated heterocycles. The average molecular weight is 299 g/mol. The van der Waals surface area contributed by atoms with E-state index in [-0.39, 0.29) is 18.2 Å². The Hall–Kier alpha value is -1.60. The number of benzene rings is 1. The molecular weight excluding hydrogens is 278 g/mol. The van der Waals surface area contributed by atoms with Crippen molar-refractivity contribution in [3.8, 4) is 0 Å². The molecule has 112 valence electrons. The number of carbonyl (C=O) groups is 1. The van der Waals surface area contributed by atoms with E-state index in [0.717, 1.165) is 0 Å². The summed E-state index contributed by atoms with van der Waals surface area (Å²) in [5.41, 5.74) is 5.88. The van der Waals surface area contributed by atoms with Gasteiger partial charge in [0.15, 0.2) is 0 Å². The van der Waals surface area contributed by atoms with Crippen LogP contribution in [0.4, 0.5) is 5.69 Å². The number of carbonyl (C=O) groups excluding carboxylic acids is 1. The molecule has 0 aliphatic heterocycles. The van der Waals surface area contributed by atoms with Gasteiger partial charge in [-0.25, -0.2) is 13.1 Å². The third-order valence-corrected chi connectivity index (χ3v) is 4.25. The van der Waals surface area contributed by atoms with Crippen molar-refractivity contribution in [1.29, 1.82) is 0 Å². The van der Waals surface area contributed by atoms with Crippen LogP contribution in [0.25, 0.3) is 0 Å². The lowest BCUT2D eigenvalue weighted by molar-refractivity contribution is -0.128. The molecule has 1 amide bonds. The smallest absolute Gasteiger partial charge is 0.226 e. The Morgan fingerprint density at radius 1 is 1.30 bits per heavy atom. The zero-order valence-electron chi connectivity index (χ0n) is 11.9. The second kappa shape index (κ2) is 6.23. The van der Waals surface area contributed by atoms with E-state index in [1.165, 1.54) is 7.05 Å². The number of amides is 1. The third kappa shape index (κ3) is 4.50. The fraction of sp³-hybridized carbons (Fsp3) is 0.462. The summed E-state index contributed by atoms with van der Waals surface area (Å²) < 4.78 is 26.5. The number of hydrogen-bond acceptors (Lipinski definition) is 4. The van der Waals surface area contributed by atoms with Gasteiger partial charge in [-0.2, -0.15) is 0 Å². The Bertz CT molecular complexity index is 582. The van der Waals surface area contributed by atoms with Crippen molar-refractivity contribution in [2.24, 2.45) is 5.41 Å². The average Bonchev–Trinajstić information content (AvgIpc) is 2.38. The number of para-hydroxylation sites is 1. The molecule has 7 heteroatoms. The lowest BCUT2D eigenvalue weighted by Gasteiger charge is -2.22. The molecule has 0 bridgehead atoms. The molecule has 0 aliphatic carbocycles. The summed E-state index contributed by atoms with van der Waals surface area (Å²) in [6.45, 7) is 3.37. The molecule has 0 unspecified atom stereocenters. The molecule has 1 aromatic carbocycles. The number of nitrogens with two attached hydrogens (primary N) is 1. The first kappa shape index (κ1) is 16.5. The summed E-state index contributed by atoms with van der Waals surface area (Å²) in [4.78, 5) is 11.6. The Balaban J connectivity index is 2.72. The van der Waals surface area contributed by atoms with E-state index >= 15 is 0 Å². The zero-order valence-corrected chi connectivity index (χ0v) is 12.8. The Kier molecular flexibility index (Phi) is 5.13. The zero-order chi connectivity index (χ0) is 15.4. The van der Waals surface area contributed by atoms with Crippen molar-refractivity contribution in [2.45, 2.75) is 19.6 Å². The van der Waals surface area contributed by atoms with Crippen molar-refractivity contribution >= 4 is 21.6 Å². The highest BCUT2D eigenvalue weighted by molar-refractivity contribution is 7.88. The summed E-state index contributed by atoms with van der Waals surface area (Å²) in [6.07, 6.45) is 0. The van der Waals surface area contributed by atoms with Crippen molar-refractivity contribution in [3.63, 3.8) is 0 Å². The van der Waals surface area contributed by atoms with Crippen LogP contribution in [-0.4, -0.2) is 27.9 Å². The highest BCUT2D eigenvalue weighted by atomic mass is 32.2. The minimum atomic E-state index is -3.54.